The number of urea groups is 1. The molecule has 2 aromatic rings. The van der Waals surface area contributed by atoms with Crippen molar-refractivity contribution >= 4 is 23.4 Å². The molecule has 4 heterocycles. The molecule has 0 spiro atoms. The van der Waals surface area contributed by atoms with Crippen molar-refractivity contribution in [3.8, 4) is 6.07 Å². The quantitative estimate of drug-likeness (QED) is 0.404. The molecule has 1 saturated carbocycles. The Labute approximate surface area is 191 Å². The first-order valence-corrected chi connectivity index (χ1v) is 10.5. The zero-order chi connectivity index (χ0) is 23.6. The number of ether oxygens (including phenoxy) is 3. The summed E-state index contributed by atoms with van der Waals surface area (Å²) in [6.07, 6.45) is 1.55. The molecule has 2 bridgehead atoms. The van der Waals surface area contributed by atoms with Gasteiger partial charge in [-0.05, 0) is 6.07 Å². The van der Waals surface area contributed by atoms with E-state index in [1.807, 2.05) is 0 Å². The van der Waals surface area contributed by atoms with E-state index < -0.39 is 17.9 Å². The van der Waals surface area contributed by atoms with Gasteiger partial charge in [0.2, 0.25) is 6.29 Å². The zero-order valence-corrected chi connectivity index (χ0v) is 18.7. The summed E-state index contributed by atoms with van der Waals surface area (Å²) in [5, 5.41) is 26.1. The van der Waals surface area contributed by atoms with E-state index in [4.69, 9.17) is 14.2 Å². The zero-order valence-electron chi connectivity index (χ0n) is 18.7. The Morgan fingerprint density at radius 1 is 1.36 bits per heavy atom. The number of rotatable bonds is 8. The second-order valence-corrected chi connectivity index (χ2v) is 7.95. The summed E-state index contributed by atoms with van der Waals surface area (Å²) >= 11 is 0. The number of anilines is 3. The van der Waals surface area contributed by atoms with Crippen molar-refractivity contribution < 1.29 is 24.1 Å². The number of amides is 2. The number of methoxy groups -OCH3 is 3. The Bertz CT molecular complexity index is 1080. The third-order valence-corrected chi connectivity index (χ3v) is 5.91. The van der Waals surface area contributed by atoms with Crippen molar-refractivity contribution in [2.24, 2.45) is 0 Å². The van der Waals surface area contributed by atoms with Gasteiger partial charge in [0.1, 0.15) is 17.7 Å². The smallest absolute Gasteiger partial charge is 0.328 e. The standard InChI is InChI=1S/C22H26N6O5/c1-31-7-6-24-17-8-18(25-12-13(17)11-23)27-21(29)28-14-9-22(30,10-14)15-4-5-16(26-19(15)28)20(32-2)33-3/h4-5,8,12,14,20,30H,6-7,9-10H2,1-3H3,(H2,24,25,27,29). The van der Waals surface area contributed by atoms with Crippen molar-refractivity contribution in [3.05, 3.63) is 41.2 Å². The number of nitrogens with zero attached hydrogens (tertiary/aromatic N) is 4. The Morgan fingerprint density at radius 3 is 2.79 bits per heavy atom. The monoisotopic (exact) mass is 454 g/mol. The van der Waals surface area contributed by atoms with Gasteiger partial charge >= 0.3 is 6.03 Å². The van der Waals surface area contributed by atoms with Crippen molar-refractivity contribution in [2.45, 2.75) is 30.8 Å². The molecular weight excluding hydrogens is 428 g/mol. The van der Waals surface area contributed by atoms with Crippen LogP contribution in [0.3, 0.4) is 0 Å². The predicted molar refractivity (Wildman–Crippen MR) is 119 cm³/mol. The number of nitrogens with one attached hydrogen (secondary N) is 2. The third kappa shape index (κ3) is 4.21. The number of carbonyl (C=O) groups is 1. The van der Waals surface area contributed by atoms with Crippen LogP contribution in [0.15, 0.2) is 24.4 Å². The van der Waals surface area contributed by atoms with E-state index in [1.54, 1.807) is 25.3 Å². The molecule has 0 unspecified atom stereocenters. The van der Waals surface area contributed by atoms with Gasteiger partial charge in [0.25, 0.3) is 0 Å². The van der Waals surface area contributed by atoms with Crippen molar-refractivity contribution in [2.75, 3.05) is 50.0 Å². The highest BCUT2D eigenvalue weighted by molar-refractivity contribution is 6.02. The van der Waals surface area contributed by atoms with Gasteiger partial charge in [-0.3, -0.25) is 10.2 Å². The summed E-state index contributed by atoms with van der Waals surface area (Å²) in [6, 6.07) is 6.53. The van der Waals surface area contributed by atoms with Crippen LogP contribution in [-0.2, 0) is 19.8 Å². The van der Waals surface area contributed by atoms with Gasteiger partial charge in [-0.2, -0.15) is 5.26 Å². The molecule has 0 saturated heterocycles. The molecule has 3 aliphatic rings. The average Bonchev–Trinajstić information content (AvgIpc) is 2.79. The third-order valence-electron chi connectivity index (χ3n) is 5.91. The second kappa shape index (κ2) is 9.29. The highest BCUT2D eigenvalue weighted by Gasteiger charge is 2.55. The minimum atomic E-state index is -0.997. The van der Waals surface area contributed by atoms with Crippen molar-refractivity contribution in [3.63, 3.8) is 0 Å². The maximum atomic E-state index is 13.3. The summed E-state index contributed by atoms with van der Waals surface area (Å²) in [5.41, 5.74) is 0.976. The topological polar surface area (TPSA) is 142 Å². The first kappa shape index (κ1) is 22.9. The minimum absolute atomic E-state index is 0.202. The number of hydrogen-bond donors (Lipinski definition) is 3. The summed E-state index contributed by atoms with van der Waals surface area (Å²) in [7, 11) is 4.59. The molecule has 0 aromatic carbocycles. The number of hydrogen-bond acceptors (Lipinski definition) is 9. The molecule has 5 rings (SSSR count). The molecule has 3 N–H and O–H groups in total. The minimum Gasteiger partial charge on any atom is -0.385 e. The first-order chi connectivity index (χ1) is 15.9. The number of carbonyl (C=O) groups excluding carboxylic acids is 1. The molecule has 2 aromatic heterocycles. The van der Waals surface area contributed by atoms with Gasteiger partial charge in [-0.25, -0.2) is 14.8 Å². The SMILES string of the molecule is COCCNc1cc(NC(=O)N2c3nc(C(OC)OC)ccc3C3(O)CC2C3)ncc1C#N. The van der Waals surface area contributed by atoms with Crippen LogP contribution < -0.4 is 15.5 Å². The fraction of sp³-hybridized carbons (Fsp3) is 0.455. The van der Waals surface area contributed by atoms with Gasteiger partial charge in [0.05, 0.1) is 29.2 Å². The molecule has 2 aliphatic heterocycles. The molecule has 33 heavy (non-hydrogen) atoms. The molecule has 2 amide bonds. The fourth-order valence-corrected chi connectivity index (χ4v) is 4.25. The lowest BCUT2D eigenvalue weighted by Gasteiger charge is -2.54. The van der Waals surface area contributed by atoms with Crippen molar-refractivity contribution in [1.29, 1.82) is 5.26 Å². The predicted octanol–water partition coefficient (Wildman–Crippen LogP) is 2.10. The summed E-state index contributed by atoms with van der Waals surface area (Å²) in [6.45, 7) is 0.956. The van der Waals surface area contributed by atoms with Crippen LogP contribution in [0.25, 0.3) is 0 Å². The number of aromatic nitrogens is 2. The van der Waals surface area contributed by atoms with Gasteiger partial charge in [0.15, 0.2) is 0 Å². The van der Waals surface area contributed by atoms with E-state index in [0.717, 1.165) is 0 Å². The Morgan fingerprint density at radius 2 is 2.12 bits per heavy atom. The average molecular weight is 454 g/mol. The molecule has 0 radical (unpaired) electrons. The van der Waals surface area contributed by atoms with Gasteiger partial charge in [0, 0.05) is 64.6 Å². The Kier molecular flexibility index (Phi) is 6.44. The molecule has 11 heteroatoms. The largest absolute Gasteiger partial charge is 0.385 e. The van der Waals surface area contributed by atoms with E-state index in [-0.39, 0.29) is 11.9 Å². The molecular formula is C22H26N6O5. The number of pyridine rings is 2. The molecule has 0 atom stereocenters. The fourth-order valence-electron chi connectivity index (χ4n) is 4.25. The Hall–Kier alpha value is -3.30. The second-order valence-electron chi connectivity index (χ2n) is 7.95. The van der Waals surface area contributed by atoms with Crippen LogP contribution in [0.2, 0.25) is 0 Å². The molecule has 1 fully saturated rings. The van der Waals surface area contributed by atoms with Crippen LogP contribution in [-0.4, -0.2) is 61.6 Å². The maximum Gasteiger partial charge on any atom is 0.328 e. The highest BCUT2D eigenvalue weighted by atomic mass is 16.7. The molecule has 174 valence electrons. The molecule has 11 nitrogen and oxygen atoms in total. The molecule has 1 aliphatic carbocycles. The van der Waals surface area contributed by atoms with E-state index in [9.17, 15) is 15.2 Å². The van der Waals surface area contributed by atoms with Crippen LogP contribution in [0.1, 0.15) is 36.0 Å². The highest BCUT2D eigenvalue weighted by Crippen LogP contribution is 2.53. The Balaban J connectivity index is 1.61. The summed E-state index contributed by atoms with van der Waals surface area (Å²) in [5.74, 6) is 0.643. The van der Waals surface area contributed by atoms with E-state index in [1.165, 1.54) is 25.3 Å². The lowest BCUT2D eigenvalue weighted by molar-refractivity contribution is -0.109. The van der Waals surface area contributed by atoms with Crippen LogP contribution in [0, 0.1) is 11.3 Å². The van der Waals surface area contributed by atoms with Crippen molar-refractivity contribution in [1.82, 2.24) is 9.97 Å². The van der Waals surface area contributed by atoms with E-state index >= 15 is 0 Å². The summed E-state index contributed by atoms with van der Waals surface area (Å²) in [4.78, 5) is 23.6. The van der Waals surface area contributed by atoms with E-state index in [0.29, 0.717) is 54.3 Å². The number of aliphatic hydroxyl groups is 1. The summed E-state index contributed by atoms with van der Waals surface area (Å²) < 4.78 is 15.6. The van der Waals surface area contributed by atoms with Crippen LogP contribution in [0.4, 0.5) is 22.1 Å². The lowest BCUT2D eigenvalue weighted by Crippen LogP contribution is -2.61. The number of nitriles is 1. The normalized spacial score (nSPS) is 20.6. The van der Waals surface area contributed by atoms with Gasteiger partial charge in [-0.15, -0.1) is 0 Å². The first-order valence-electron chi connectivity index (χ1n) is 10.5. The van der Waals surface area contributed by atoms with Crippen LogP contribution in [0.5, 0.6) is 0 Å². The van der Waals surface area contributed by atoms with E-state index in [2.05, 4.69) is 26.7 Å². The lowest BCUT2D eigenvalue weighted by atomic mass is 9.67. The maximum absolute atomic E-state index is 13.3. The van der Waals surface area contributed by atoms with Gasteiger partial charge in [-0.1, -0.05) is 6.07 Å². The van der Waals surface area contributed by atoms with Crippen LogP contribution >= 0.6 is 0 Å². The van der Waals surface area contributed by atoms with Gasteiger partial charge < -0.3 is 24.6 Å².